The summed E-state index contributed by atoms with van der Waals surface area (Å²) in [4.78, 5) is 7.30. The highest BCUT2D eigenvalue weighted by Gasteiger charge is 2.47. The SMILES string of the molecule is CCCN1C(c2ccccc2)NC(c2ccc(-n3c4ccc(-c5ccc(N(c6ccccc6)c6ccccc6)cc5)cc4c4cc(-c5ccc(N(c6ccccc6)c6ccccc6)cc5)ccc43)cc2)NC1(CCC)c1ccccc1. The van der Waals surface area contributed by atoms with Gasteiger partial charge in [-0.15, -0.1) is 0 Å². The third-order valence-corrected chi connectivity index (χ3v) is 16.2. The van der Waals surface area contributed by atoms with Gasteiger partial charge in [-0.1, -0.05) is 202 Å². The lowest BCUT2D eigenvalue weighted by atomic mass is 9.88. The van der Waals surface area contributed by atoms with Crippen LogP contribution >= 0.6 is 0 Å². The van der Waals surface area contributed by atoms with Gasteiger partial charge in [0.25, 0.3) is 0 Å². The molecule has 0 bridgehead atoms. The summed E-state index contributed by atoms with van der Waals surface area (Å²) < 4.78 is 2.45. The van der Waals surface area contributed by atoms with Crippen LogP contribution in [0.2, 0.25) is 0 Å². The molecular weight excluding hydrogens is 985 g/mol. The first-order valence-electron chi connectivity index (χ1n) is 28.7. The van der Waals surface area contributed by atoms with Crippen LogP contribution in [0.15, 0.2) is 291 Å². The smallest absolute Gasteiger partial charge is 0.100 e. The van der Waals surface area contributed by atoms with Crippen LogP contribution in [0.4, 0.5) is 34.1 Å². The Morgan fingerprint density at radius 2 is 0.778 bits per heavy atom. The molecule has 2 heterocycles. The van der Waals surface area contributed by atoms with E-state index in [-0.39, 0.29) is 12.3 Å². The number of para-hydroxylation sites is 4. The van der Waals surface area contributed by atoms with Gasteiger partial charge in [-0.3, -0.25) is 15.5 Å². The molecule has 0 radical (unpaired) electrons. The van der Waals surface area contributed by atoms with Gasteiger partial charge in [0, 0.05) is 57.1 Å². The summed E-state index contributed by atoms with van der Waals surface area (Å²) >= 11 is 0. The largest absolute Gasteiger partial charge is 0.311 e. The number of nitrogens with one attached hydrogen (secondary N) is 2. The Morgan fingerprint density at radius 3 is 1.20 bits per heavy atom. The summed E-state index contributed by atoms with van der Waals surface area (Å²) in [6.45, 7) is 5.54. The number of rotatable bonds is 16. The van der Waals surface area contributed by atoms with E-state index in [4.69, 9.17) is 0 Å². The molecule has 1 saturated heterocycles. The van der Waals surface area contributed by atoms with E-state index in [9.17, 15) is 0 Å². The quantitative estimate of drug-likeness (QED) is 0.101. The summed E-state index contributed by atoms with van der Waals surface area (Å²) in [6.07, 6.45) is 2.91. The van der Waals surface area contributed by atoms with Gasteiger partial charge in [0.1, 0.15) is 5.66 Å². The molecule has 1 aliphatic rings. The predicted molar refractivity (Wildman–Crippen MR) is 339 cm³/mol. The number of benzene rings is 11. The van der Waals surface area contributed by atoms with Gasteiger partial charge in [0.05, 0.1) is 23.4 Å². The van der Waals surface area contributed by atoms with Crippen molar-refractivity contribution in [3.63, 3.8) is 0 Å². The van der Waals surface area contributed by atoms with Gasteiger partial charge >= 0.3 is 0 Å². The molecule has 11 aromatic carbocycles. The Hall–Kier alpha value is -9.30. The second-order valence-corrected chi connectivity index (χ2v) is 21.2. The fraction of sp³-hybridized carbons (Fsp3) is 0.120. The molecule has 396 valence electrons. The van der Waals surface area contributed by atoms with Crippen LogP contribution in [0, 0.1) is 0 Å². The highest BCUT2D eigenvalue weighted by molar-refractivity contribution is 6.11. The minimum atomic E-state index is -0.393. The average molecular weight is 1050 g/mol. The first-order valence-corrected chi connectivity index (χ1v) is 28.7. The van der Waals surface area contributed by atoms with Gasteiger partial charge in [-0.2, -0.15) is 0 Å². The van der Waals surface area contributed by atoms with E-state index in [2.05, 4.69) is 335 Å². The number of hydrogen-bond acceptors (Lipinski definition) is 5. The lowest BCUT2D eigenvalue weighted by molar-refractivity contribution is -0.0701. The Morgan fingerprint density at radius 1 is 0.383 bits per heavy atom. The van der Waals surface area contributed by atoms with Gasteiger partial charge in [0.15, 0.2) is 0 Å². The molecule has 1 aliphatic heterocycles. The van der Waals surface area contributed by atoms with Crippen molar-refractivity contribution in [1.82, 2.24) is 20.1 Å². The predicted octanol–water partition coefficient (Wildman–Crippen LogP) is 19.3. The fourth-order valence-corrected chi connectivity index (χ4v) is 12.5. The van der Waals surface area contributed by atoms with Crippen molar-refractivity contribution in [1.29, 1.82) is 0 Å². The van der Waals surface area contributed by atoms with Crippen molar-refractivity contribution in [2.75, 3.05) is 16.3 Å². The van der Waals surface area contributed by atoms with E-state index in [0.29, 0.717) is 0 Å². The van der Waals surface area contributed by atoms with Crippen molar-refractivity contribution in [3.8, 4) is 27.9 Å². The monoisotopic (exact) mass is 1050 g/mol. The van der Waals surface area contributed by atoms with E-state index in [1.54, 1.807) is 0 Å². The van der Waals surface area contributed by atoms with Gasteiger partial charge in [-0.25, -0.2) is 0 Å². The number of aromatic nitrogens is 1. The van der Waals surface area contributed by atoms with Crippen LogP contribution in [0.5, 0.6) is 0 Å². The Kier molecular flexibility index (Phi) is 14.4. The van der Waals surface area contributed by atoms with Gasteiger partial charge in [-0.05, 0) is 161 Å². The third kappa shape index (κ3) is 10.00. The molecule has 81 heavy (non-hydrogen) atoms. The molecule has 12 aromatic rings. The standard InChI is InChI=1S/C75H66N6/c1-3-51-75(61-25-13-6-14-26-61)77-73(76-74(78(75)52-4-2)58-23-11-5-12-24-58)57-39-47-68(48-40-57)81-71-49-41-59(55-35-43-66(44-36-55)79(62-27-15-7-16-28-62)63-29-17-8-18-30-63)53-69(71)70-54-60(42-50-72(70)81)56-37-45-67(46-38-56)80(64-31-19-9-20-32-64)65-33-21-10-22-34-65/h5-50,53-54,73-74,76-77H,3-4,51-52H2,1-2H3. The molecular formula is C75H66N6. The van der Waals surface area contributed by atoms with E-state index in [1.807, 2.05) is 0 Å². The number of fused-ring (bicyclic) bond motifs is 3. The molecule has 6 nitrogen and oxygen atoms in total. The molecule has 0 saturated carbocycles. The number of nitrogens with zero attached hydrogens (tertiary/aromatic N) is 4. The van der Waals surface area contributed by atoms with Crippen LogP contribution in [0.3, 0.4) is 0 Å². The van der Waals surface area contributed by atoms with Crippen molar-refractivity contribution in [2.45, 2.75) is 51.1 Å². The van der Waals surface area contributed by atoms with E-state index < -0.39 is 5.66 Å². The summed E-state index contributed by atoms with van der Waals surface area (Å²) in [7, 11) is 0. The first-order chi connectivity index (χ1) is 40.1. The Bertz CT molecular complexity index is 3740. The van der Waals surface area contributed by atoms with Crippen LogP contribution in [0.25, 0.3) is 49.7 Å². The second kappa shape index (κ2) is 22.8. The maximum absolute atomic E-state index is 4.25. The maximum atomic E-state index is 4.25. The van der Waals surface area contributed by atoms with E-state index >= 15 is 0 Å². The van der Waals surface area contributed by atoms with Gasteiger partial charge in [0.2, 0.25) is 0 Å². The highest BCUT2D eigenvalue weighted by atomic mass is 15.5. The summed E-state index contributed by atoms with van der Waals surface area (Å²) in [5.74, 6) is 0. The van der Waals surface area contributed by atoms with Crippen LogP contribution in [-0.4, -0.2) is 16.0 Å². The highest BCUT2D eigenvalue weighted by Crippen LogP contribution is 2.45. The molecule has 13 rings (SSSR count). The van der Waals surface area contributed by atoms with E-state index in [0.717, 1.165) is 87.8 Å². The molecule has 0 spiro atoms. The normalized spacial score (nSPS) is 16.4. The van der Waals surface area contributed by atoms with Crippen molar-refractivity contribution >= 4 is 55.9 Å². The van der Waals surface area contributed by atoms with Crippen molar-refractivity contribution < 1.29 is 0 Å². The fourth-order valence-electron chi connectivity index (χ4n) is 12.5. The molecule has 1 aromatic heterocycles. The molecule has 3 atom stereocenters. The van der Waals surface area contributed by atoms with Crippen LogP contribution in [0.1, 0.15) is 62.1 Å². The summed E-state index contributed by atoms with van der Waals surface area (Å²) in [6, 6.07) is 106. The minimum Gasteiger partial charge on any atom is -0.311 e. The molecule has 0 amide bonds. The summed E-state index contributed by atoms with van der Waals surface area (Å²) in [5.41, 5.74) is 18.1. The Labute approximate surface area is 476 Å². The minimum absolute atomic E-state index is 0.00436. The van der Waals surface area contributed by atoms with Crippen LogP contribution in [-0.2, 0) is 5.66 Å². The number of anilines is 6. The Balaban J connectivity index is 0.902. The number of hydrogen-bond donors (Lipinski definition) is 2. The van der Waals surface area contributed by atoms with Crippen LogP contribution < -0.4 is 20.4 Å². The lowest BCUT2D eigenvalue weighted by Crippen LogP contribution is -2.67. The van der Waals surface area contributed by atoms with Crippen molar-refractivity contribution in [2.24, 2.45) is 0 Å². The summed E-state index contributed by atoms with van der Waals surface area (Å²) in [5, 5.41) is 10.8. The zero-order valence-corrected chi connectivity index (χ0v) is 46.0. The topological polar surface area (TPSA) is 38.7 Å². The molecule has 1 fully saturated rings. The zero-order valence-electron chi connectivity index (χ0n) is 46.0. The van der Waals surface area contributed by atoms with Crippen molar-refractivity contribution in [3.05, 3.63) is 308 Å². The molecule has 3 unspecified atom stereocenters. The molecule has 6 heteroatoms. The molecule has 2 N–H and O–H groups in total. The lowest BCUT2D eigenvalue weighted by Gasteiger charge is -2.55. The average Bonchev–Trinajstić information content (AvgIpc) is 3.88. The second-order valence-electron chi connectivity index (χ2n) is 21.2. The molecule has 0 aliphatic carbocycles. The first kappa shape index (κ1) is 51.2. The van der Waals surface area contributed by atoms with Gasteiger partial charge < -0.3 is 14.4 Å². The maximum Gasteiger partial charge on any atom is 0.100 e. The zero-order chi connectivity index (χ0) is 54.5. The van der Waals surface area contributed by atoms with E-state index in [1.165, 1.54) is 38.6 Å². The third-order valence-electron chi connectivity index (χ3n) is 16.2.